The van der Waals surface area contributed by atoms with Gasteiger partial charge in [-0.2, -0.15) is 0 Å². The van der Waals surface area contributed by atoms with E-state index in [0.29, 0.717) is 0 Å². The first-order chi connectivity index (χ1) is 13.3. The number of hydrogen-bond donors (Lipinski definition) is 0. The molecule has 0 N–H and O–H groups in total. The Bertz CT molecular complexity index is 948. The van der Waals surface area contributed by atoms with E-state index >= 15 is 0 Å². The number of ether oxygens (including phenoxy) is 2. The van der Waals surface area contributed by atoms with Gasteiger partial charge in [0.25, 0.3) is 0 Å². The van der Waals surface area contributed by atoms with Crippen LogP contribution in [0.2, 0.25) is 0 Å². The van der Waals surface area contributed by atoms with Crippen molar-refractivity contribution in [2.75, 3.05) is 33.4 Å². The van der Waals surface area contributed by atoms with Crippen LogP contribution in [0.1, 0.15) is 24.6 Å². The topological polar surface area (TPSA) is 39.0 Å². The summed E-state index contributed by atoms with van der Waals surface area (Å²) in [6, 6.07) is 14.5. The monoisotopic (exact) mass is 363 g/mol. The average molecular weight is 363 g/mol. The predicted molar refractivity (Wildman–Crippen MR) is 105 cm³/mol. The number of pyridine rings is 1. The van der Waals surface area contributed by atoms with E-state index in [1.54, 1.807) is 7.11 Å². The molecule has 0 amide bonds. The van der Waals surface area contributed by atoms with Crippen molar-refractivity contribution in [2.24, 2.45) is 5.92 Å². The van der Waals surface area contributed by atoms with Gasteiger partial charge < -0.3 is 9.47 Å². The van der Waals surface area contributed by atoms with Gasteiger partial charge in [-0.15, -0.1) is 0 Å². The number of benzene rings is 1. The summed E-state index contributed by atoms with van der Waals surface area (Å²) in [6.45, 7) is 3.97. The Kier molecular flexibility index (Phi) is 4.34. The van der Waals surface area contributed by atoms with Gasteiger partial charge in [-0.05, 0) is 43.0 Å². The van der Waals surface area contributed by atoms with Gasteiger partial charge in [0.2, 0.25) is 0 Å². The van der Waals surface area contributed by atoms with Crippen molar-refractivity contribution in [1.29, 1.82) is 0 Å². The summed E-state index contributed by atoms with van der Waals surface area (Å²) in [6.07, 6.45) is 4.74. The van der Waals surface area contributed by atoms with Crippen molar-refractivity contribution in [1.82, 2.24) is 14.3 Å². The standard InChI is InChI=1S/C22H25N3O2/c1-26-18-5-2-4-17(12-18)19-6-3-7-20-22(23-15-25(19)20)21-14-24(10-11-27-21)13-16-8-9-16/h2-7,12,15-16,21H,8-11,13-14H2,1H3/t21-/m0/s1. The Morgan fingerprint density at radius 1 is 1.19 bits per heavy atom. The zero-order chi connectivity index (χ0) is 18.2. The number of hydrogen-bond acceptors (Lipinski definition) is 4. The van der Waals surface area contributed by atoms with E-state index < -0.39 is 0 Å². The van der Waals surface area contributed by atoms with Crippen LogP contribution in [0.3, 0.4) is 0 Å². The molecule has 3 heterocycles. The zero-order valence-corrected chi connectivity index (χ0v) is 15.7. The molecule has 0 unspecified atom stereocenters. The molecule has 0 bridgehead atoms. The summed E-state index contributed by atoms with van der Waals surface area (Å²) in [5.41, 5.74) is 4.38. The van der Waals surface area contributed by atoms with E-state index in [4.69, 9.17) is 14.5 Å². The van der Waals surface area contributed by atoms with Gasteiger partial charge in [-0.3, -0.25) is 9.30 Å². The Hall–Kier alpha value is -2.37. The molecule has 2 aromatic heterocycles. The van der Waals surface area contributed by atoms with Gasteiger partial charge in [0, 0.05) is 25.2 Å². The fourth-order valence-electron chi connectivity index (χ4n) is 4.01. The number of morpholine rings is 1. The number of fused-ring (bicyclic) bond motifs is 1. The lowest BCUT2D eigenvalue weighted by atomic mass is 10.1. The lowest BCUT2D eigenvalue weighted by Gasteiger charge is -2.32. The minimum atomic E-state index is 0.0445. The van der Waals surface area contributed by atoms with Crippen molar-refractivity contribution >= 4 is 5.52 Å². The van der Waals surface area contributed by atoms with E-state index in [9.17, 15) is 0 Å². The van der Waals surface area contributed by atoms with Crippen LogP contribution in [0, 0.1) is 5.92 Å². The molecule has 1 aliphatic carbocycles. The van der Waals surface area contributed by atoms with Crippen LogP contribution in [0.15, 0.2) is 48.8 Å². The van der Waals surface area contributed by atoms with Gasteiger partial charge in [-0.25, -0.2) is 4.98 Å². The van der Waals surface area contributed by atoms with E-state index in [0.717, 1.165) is 53.8 Å². The van der Waals surface area contributed by atoms with Crippen molar-refractivity contribution in [3.8, 4) is 17.0 Å². The minimum absolute atomic E-state index is 0.0445. The second kappa shape index (κ2) is 6.98. The molecule has 140 valence electrons. The molecular weight excluding hydrogens is 338 g/mol. The summed E-state index contributed by atoms with van der Waals surface area (Å²) in [7, 11) is 1.70. The molecule has 5 heteroatoms. The Labute approximate surface area is 159 Å². The third kappa shape index (κ3) is 3.33. The van der Waals surface area contributed by atoms with E-state index in [2.05, 4.69) is 39.6 Å². The summed E-state index contributed by atoms with van der Waals surface area (Å²) < 4.78 is 13.7. The number of rotatable bonds is 5. The molecule has 3 aromatic rings. The number of imidazole rings is 1. The fraction of sp³-hybridized carbons (Fsp3) is 0.409. The second-order valence-electron chi connectivity index (χ2n) is 7.59. The number of aromatic nitrogens is 2. The lowest BCUT2D eigenvalue weighted by molar-refractivity contribution is -0.0325. The molecular formula is C22H25N3O2. The summed E-state index contributed by atoms with van der Waals surface area (Å²) in [5.74, 6) is 1.76. The van der Waals surface area contributed by atoms with Crippen LogP contribution >= 0.6 is 0 Å². The average Bonchev–Trinajstić information content (AvgIpc) is 3.42. The van der Waals surface area contributed by atoms with E-state index in [1.807, 2.05) is 18.5 Å². The quantitative estimate of drug-likeness (QED) is 0.691. The molecule has 5 rings (SSSR count). The second-order valence-corrected chi connectivity index (χ2v) is 7.59. The smallest absolute Gasteiger partial charge is 0.119 e. The molecule has 1 atom stereocenters. The minimum Gasteiger partial charge on any atom is -0.497 e. The molecule has 2 aliphatic rings. The summed E-state index contributed by atoms with van der Waals surface area (Å²) in [4.78, 5) is 7.30. The lowest BCUT2D eigenvalue weighted by Crippen LogP contribution is -2.39. The Morgan fingerprint density at radius 2 is 2.07 bits per heavy atom. The van der Waals surface area contributed by atoms with Crippen LogP contribution in [0.5, 0.6) is 5.75 Å². The van der Waals surface area contributed by atoms with Crippen LogP contribution < -0.4 is 4.74 Å². The summed E-state index contributed by atoms with van der Waals surface area (Å²) >= 11 is 0. The van der Waals surface area contributed by atoms with Gasteiger partial charge >= 0.3 is 0 Å². The van der Waals surface area contributed by atoms with Crippen molar-refractivity contribution < 1.29 is 9.47 Å². The maximum atomic E-state index is 6.11. The first kappa shape index (κ1) is 16.8. The number of methoxy groups -OCH3 is 1. The maximum absolute atomic E-state index is 6.11. The van der Waals surface area contributed by atoms with E-state index in [1.165, 1.54) is 19.4 Å². The predicted octanol–water partition coefficient (Wildman–Crippen LogP) is 3.79. The molecule has 2 fully saturated rings. The zero-order valence-electron chi connectivity index (χ0n) is 15.7. The van der Waals surface area contributed by atoms with Gasteiger partial charge in [-0.1, -0.05) is 18.2 Å². The van der Waals surface area contributed by atoms with Crippen LogP contribution in [-0.4, -0.2) is 47.6 Å². The first-order valence-electron chi connectivity index (χ1n) is 9.76. The molecule has 1 aliphatic heterocycles. The first-order valence-corrected chi connectivity index (χ1v) is 9.76. The number of nitrogens with zero attached hydrogens (tertiary/aromatic N) is 3. The highest BCUT2D eigenvalue weighted by atomic mass is 16.5. The molecule has 1 saturated heterocycles. The highest BCUT2D eigenvalue weighted by Crippen LogP contribution is 2.33. The van der Waals surface area contributed by atoms with E-state index in [-0.39, 0.29) is 6.10 Å². The normalized spacial score (nSPS) is 20.9. The third-order valence-electron chi connectivity index (χ3n) is 5.64. The molecule has 1 saturated carbocycles. The van der Waals surface area contributed by atoms with Crippen molar-refractivity contribution in [3.63, 3.8) is 0 Å². The van der Waals surface area contributed by atoms with Crippen LogP contribution in [-0.2, 0) is 4.74 Å². The van der Waals surface area contributed by atoms with Crippen molar-refractivity contribution in [2.45, 2.75) is 18.9 Å². The van der Waals surface area contributed by atoms with Crippen LogP contribution in [0.25, 0.3) is 16.8 Å². The molecule has 5 nitrogen and oxygen atoms in total. The van der Waals surface area contributed by atoms with Gasteiger partial charge in [0.15, 0.2) is 0 Å². The van der Waals surface area contributed by atoms with Crippen molar-refractivity contribution in [3.05, 3.63) is 54.5 Å². The van der Waals surface area contributed by atoms with Gasteiger partial charge in [0.1, 0.15) is 18.2 Å². The van der Waals surface area contributed by atoms with Crippen LogP contribution in [0.4, 0.5) is 0 Å². The summed E-state index contributed by atoms with van der Waals surface area (Å²) in [5, 5.41) is 0. The molecule has 1 aromatic carbocycles. The molecule has 0 radical (unpaired) electrons. The largest absolute Gasteiger partial charge is 0.497 e. The SMILES string of the molecule is COc1cccc(-c2cccc3c([C@@H]4CN(CC5CC5)CCO4)ncn23)c1. The highest BCUT2D eigenvalue weighted by molar-refractivity contribution is 5.67. The fourth-order valence-corrected chi connectivity index (χ4v) is 4.01. The highest BCUT2D eigenvalue weighted by Gasteiger charge is 2.30. The Balaban J connectivity index is 1.48. The van der Waals surface area contributed by atoms with Gasteiger partial charge in [0.05, 0.1) is 30.6 Å². The Morgan fingerprint density at radius 3 is 2.93 bits per heavy atom. The molecule has 0 spiro atoms. The third-order valence-corrected chi connectivity index (χ3v) is 5.64. The molecule has 27 heavy (non-hydrogen) atoms. The maximum Gasteiger partial charge on any atom is 0.119 e.